The Labute approximate surface area is 202 Å². The molecule has 0 atom stereocenters. The Morgan fingerprint density at radius 3 is 2.47 bits per heavy atom. The summed E-state index contributed by atoms with van der Waals surface area (Å²) in [5.41, 5.74) is 0.735. The number of amides is 1. The van der Waals surface area contributed by atoms with Crippen molar-refractivity contribution in [3.63, 3.8) is 0 Å². The molecule has 0 aliphatic carbocycles. The van der Waals surface area contributed by atoms with Crippen molar-refractivity contribution >= 4 is 51.9 Å². The third kappa shape index (κ3) is 5.88. The van der Waals surface area contributed by atoms with Crippen molar-refractivity contribution in [3.8, 4) is 23.0 Å². The molecule has 1 aliphatic rings. The zero-order valence-corrected chi connectivity index (χ0v) is 20.4. The van der Waals surface area contributed by atoms with E-state index < -0.39 is 0 Å². The van der Waals surface area contributed by atoms with Gasteiger partial charge in [0, 0.05) is 13.5 Å². The predicted molar refractivity (Wildman–Crippen MR) is 132 cm³/mol. The van der Waals surface area contributed by atoms with Gasteiger partial charge in [0.2, 0.25) is 0 Å². The fourth-order valence-electron chi connectivity index (χ4n) is 2.92. The molecule has 1 aliphatic heterocycles. The number of carbonyl (C=O) groups excluding carboxylic acids is 1. The molecule has 1 amide bonds. The second-order valence-electron chi connectivity index (χ2n) is 6.71. The Bertz CT molecular complexity index is 1030. The number of nitrogens with zero attached hydrogens (tertiary/aromatic N) is 1. The average molecular weight is 494 g/mol. The van der Waals surface area contributed by atoms with Gasteiger partial charge >= 0.3 is 0 Å². The van der Waals surface area contributed by atoms with Gasteiger partial charge < -0.3 is 18.9 Å². The van der Waals surface area contributed by atoms with Crippen LogP contribution in [0.2, 0.25) is 5.02 Å². The van der Waals surface area contributed by atoms with Gasteiger partial charge in [-0.2, -0.15) is 0 Å². The molecule has 0 spiro atoms. The number of thioether (sulfide) groups is 1. The molecule has 1 heterocycles. The van der Waals surface area contributed by atoms with E-state index in [0.29, 0.717) is 63.5 Å². The minimum Gasteiger partial charge on any atom is -0.493 e. The number of benzene rings is 2. The lowest BCUT2D eigenvalue weighted by atomic mass is 10.1. The van der Waals surface area contributed by atoms with Gasteiger partial charge in [-0.25, -0.2) is 0 Å². The number of rotatable bonds is 10. The van der Waals surface area contributed by atoms with Crippen LogP contribution in [-0.4, -0.2) is 49.1 Å². The van der Waals surface area contributed by atoms with Gasteiger partial charge in [-0.05, 0) is 42.8 Å². The van der Waals surface area contributed by atoms with Crippen LogP contribution < -0.4 is 18.9 Å². The third-order valence-corrected chi connectivity index (χ3v) is 6.24. The smallest absolute Gasteiger partial charge is 0.265 e. The lowest BCUT2D eigenvalue weighted by Crippen LogP contribution is -2.22. The molecule has 0 N–H and O–H groups in total. The summed E-state index contributed by atoms with van der Waals surface area (Å²) in [6.07, 6.45) is 2.39. The Balaban J connectivity index is 1.65. The van der Waals surface area contributed by atoms with E-state index in [9.17, 15) is 4.79 Å². The molecule has 2 aromatic rings. The molecule has 32 heavy (non-hydrogen) atoms. The molecule has 9 heteroatoms. The fraction of sp³-hybridized carbons (Fsp3) is 0.304. The molecule has 1 fully saturated rings. The van der Waals surface area contributed by atoms with Gasteiger partial charge in [-0.15, -0.1) is 0 Å². The Morgan fingerprint density at radius 2 is 1.81 bits per heavy atom. The molecule has 0 aromatic heterocycles. The molecule has 2 aromatic carbocycles. The summed E-state index contributed by atoms with van der Waals surface area (Å²) in [5.74, 6) is 2.22. The fourth-order valence-corrected chi connectivity index (χ4v) is 4.38. The van der Waals surface area contributed by atoms with Crippen LogP contribution >= 0.6 is 35.6 Å². The number of carbonyl (C=O) groups is 1. The normalized spacial score (nSPS) is 14.8. The maximum absolute atomic E-state index is 12.3. The first-order chi connectivity index (χ1) is 15.4. The van der Waals surface area contributed by atoms with Crippen molar-refractivity contribution in [3.05, 3.63) is 51.9 Å². The van der Waals surface area contributed by atoms with E-state index in [1.807, 2.05) is 31.2 Å². The average Bonchev–Trinajstić information content (AvgIpc) is 3.02. The highest BCUT2D eigenvalue weighted by molar-refractivity contribution is 8.26. The molecule has 6 nitrogen and oxygen atoms in total. The third-order valence-electron chi connectivity index (χ3n) is 4.48. The molecule has 3 rings (SSSR count). The monoisotopic (exact) mass is 493 g/mol. The quantitative estimate of drug-likeness (QED) is 0.248. The lowest BCUT2D eigenvalue weighted by molar-refractivity contribution is -0.121. The van der Waals surface area contributed by atoms with Gasteiger partial charge in [-0.3, -0.25) is 9.69 Å². The van der Waals surface area contributed by atoms with Crippen LogP contribution in [0.1, 0.15) is 18.9 Å². The van der Waals surface area contributed by atoms with Gasteiger partial charge in [0.25, 0.3) is 5.91 Å². The van der Waals surface area contributed by atoms with Crippen LogP contribution in [0.15, 0.2) is 41.3 Å². The Morgan fingerprint density at radius 1 is 1.09 bits per heavy atom. The largest absolute Gasteiger partial charge is 0.493 e. The Hall–Kier alpha value is -2.42. The second-order valence-corrected chi connectivity index (χ2v) is 8.79. The zero-order valence-electron chi connectivity index (χ0n) is 18.1. The minimum absolute atomic E-state index is 0.135. The number of hydrogen-bond donors (Lipinski definition) is 0. The van der Waals surface area contributed by atoms with Crippen LogP contribution in [0.4, 0.5) is 0 Å². The van der Waals surface area contributed by atoms with Crippen LogP contribution in [0.3, 0.4) is 0 Å². The summed E-state index contributed by atoms with van der Waals surface area (Å²) in [6.45, 7) is 3.18. The van der Waals surface area contributed by atoms with E-state index in [1.54, 1.807) is 32.4 Å². The number of halogens is 1. The molecule has 0 unspecified atom stereocenters. The van der Waals surface area contributed by atoms with Gasteiger partial charge in [-0.1, -0.05) is 47.7 Å². The molecule has 0 bridgehead atoms. The molecule has 170 valence electrons. The van der Waals surface area contributed by atoms with E-state index >= 15 is 0 Å². The highest BCUT2D eigenvalue weighted by Gasteiger charge is 2.28. The highest BCUT2D eigenvalue weighted by Crippen LogP contribution is 2.39. The summed E-state index contributed by atoms with van der Waals surface area (Å²) in [4.78, 5) is 14.3. The van der Waals surface area contributed by atoms with E-state index in [1.165, 1.54) is 16.7 Å². The van der Waals surface area contributed by atoms with Gasteiger partial charge in [0.1, 0.15) is 4.32 Å². The van der Waals surface area contributed by atoms with E-state index in [-0.39, 0.29) is 5.91 Å². The van der Waals surface area contributed by atoms with Crippen molar-refractivity contribution in [2.75, 3.05) is 34.0 Å². The van der Waals surface area contributed by atoms with E-state index in [2.05, 4.69) is 0 Å². The predicted octanol–water partition coefficient (Wildman–Crippen LogP) is 5.43. The van der Waals surface area contributed by atoms with Crippen molar-refractivity contribution in [1.82, 2.24) is 4.90 Å². The first kappa shape index (κ1) is 24.2. The molecular formula is C23H24ClNO5S2. The maximum atomic E-state index is 12.3. The molecular weight excluding hydrogens is 470 g/mol. The summed E-state index contributed by atoms with van der Waals surface area (Å²) < 4.78 is 23.2. The van der Waals surface area contributed by atoms with Crippen molar-refractivity contribution in [2.45, 2.75) is 13.3 Å². The van der Waals surface area contributed by atoms with Crippen LogP contribution in [-0.2, 0) is 4.79 Å². The standard InChI is InChI=1S/C23H24ClNO5S2/c1-4-28-19-13-15(14-20-22(26)25(2)23(31)32-20)12-16(24)21(19)30-11-7-10-29-18-9-6-5-8-17(18)27-3/h5-6,8-9,12-14H,4,7,10-11H2,1-3H3/b20-14-. The van der Waals surface area contributed by atoms with Gasteiger partial charge in [0.05, 0.1) is 36.9 Å². The second kappa shape index (κ2) is 11.4. The molecule has 0 radical (unpaired) electrons. The topological polar surface area (TPSA) is 57.2 Å². The SMILES string of the molecule is CCOc1cc(/C=C2\SC(=S)N(C)C2=O)cc(Cl)c1OCCCOc1ccccc1OC. The van der Waals surface area contributed by atoms with Crippen LogP contribution in [0, 0.1) is 0 Å². The lowest BCUT2D eigenvalue weighted by Gasteiger charge is -2.15. The summed E-state index contributed by atoms with van der Waals surface area (Å²) in [7, 11) is 3.27. The minimum atomic E-state index is -0.135. The first-order valence-electron chi connectivity index (χ1n) is 10.0. The number of likely N-dealkylation sites (N-methyl/N-ethyl adjacent to an activating group) is 1. The number of hydrogen-bond acceptors (Lipinski definition) is 7. The summed E-state index contributed by atoms with van der Waals surface area (Å²) >= 11 is 12.9. The number of methoxy groups -OCH3 is 1. The number of thiocarbonyl (C=S) groups is 1. The van der Waals surface area contributed by atoms with Crippen molar-refractivity contribution in [2.24, 2.45) is 0 Å². The molecule has 1 saturated heterocycles. The van der Waals surface area contributed by atoms with Crippen molar-refractivity contribution < 1.29 is 23.7 Å². The number of para-hydroxylation sites is 2. The van der Waals surface area contributed by atoms with E-state index in [4.69, 9.17) is 42.8 Å². The summed E-state index contributed by atoms with van der Waals surface area (Å²) in [5, 5.41) is 0.403. The Kier molecular flexibility index (Phi) is 8.67. The van der Waals surface area contributed by atoms with E-state index in [0.717, 1.165) is 5.56 Å². The zero-order chi connectivity index (χ0) is 23.1. The maximum Gasteiger partial charge on any atom is 0.265 e. The highest BCUT2D eigenvalue weighted by atomic mass is 35.5. The van der Waals surface area contributed by atoms with Crippen LogP contribution in [0.25, 0.3) is 6.08 Å². The summed E-state index contributed by atoms with van der Waals surface area (Å²) in [6, 6.07) is 11.0. The first-order valence-corrected chi connectivity index (χ1v) is 11.6. The van der Waals surface area contributed by atoms with Crippen LogP contribution in [0.5, 0.6) is 23.0 Å². The number of ether oxygens (including phenoxy) is 4. The van der Waals surface area contributed by atoms with Gasteiger partial charge in [0.15, 0.2) is 23.0 Å². The van der Waals surface area contributed by atoms with Crippen molar-refractivity contribution in [1.29, 1.82) is 0 Å². The molecule has 0 saturated carbocycles.